The number of benzene rings is 1. The van der Waals surface area contributed by atoms with Crippen LogP contribution in [0, 0.1) is 11.8 Å². The summed E-state index contributed by atoms with van der Waals surface area (Å²) in [6.07, 6.45) is 4.32. The van der Waals surface area contributed by atoms with Gasteiger partial charge in [0.2, 0.25) is 5.91 Å². The molecule has 1 N–H and O–H groups in total. The van der Waals surface area contributed by atoms with Crippen LogP contribution < -0.4 is 5.32 Å². The summed E-state index contributed by atoms with van der Waals surface area (Å²) in [5, 5.41) is 2.94. The maximum absolute atomic E-state index is 12.1. The van der Waals surface area contributed by atoms with Gasteiger partial charge in [0.05, 0.1) is 6.04 Å². The standard InChI is InChI=1S/C19H26N2O3/c1-14(22)21-11-17(9-15-7-8-15)10-18(12-21)20-19(23)24-13-16-5-3-2-4-6-16/h2-6,15,17-18H,7-13H2,1H3,(H,20,23). The summed E-state index contributed by atoms with van der Waals surface area (Å²) in [6.45, 7) is 3.27. The van der Waals surface area contributed by atoms with Crippen molar-refractivity contribution in [3.05, 3.63) is 35.9 Å². The van der Waals surface area contributed by atoms with E-state index in [4.69, 9.17) is 4.74 Å². The Morgan fingerprint density at radius 2 is 1.92 bits per heavy atom. The van der Waals surface area contributed by atoms with Crippen LogP contribution in [-0.2, 0) is 16.1 Å². The van der Waals surface area contributed by atoms with Crippen molar-refractivity contribution in [2.45, 2.75) is 45.3 Å². The fourth-order valence-corrected chi connectivity index (χ4v) is 3.49. The van der Waals surface area contributed by atoms with E-state index in [0.717, 1.165) is 24.4 Å². The van der Waals surface area contributed by atoms with Crippen molar-refractivity contribution >= 4 is 12.0 Å². The lowest BCUT2D eigenvalue weighted by molar-refractivity contribution is -0.131. The van der Waals surface area contributed by atoms with Gasteiger partial charge in [-0.15, -0.1) is 0 Å². The molecule has 2 amide bonds. The van der Waals surface area contributed by atoms with Crippen molar-refractivity contribution in [3.8, 4) is 0 Å². The number of hydrogen-bond donors (Lipinski definition) is 1. The van der Waals surface area contributed by atoms with E-state index >= 15 is 0 Å². The fraction of sp³-hybridized carbons (Fsp3) is 0.579. The number of rotatable bonds is 5. The molecule has 1 aromatic carbocycles. The number of alkyl carbamates (subject to hydrolysis) is 1. The predicted octanol–water partition coefficient (Wildman–Crippen LogP) is 2.95. The topological polar surface area (TPSA) is 58.6 Å². The molecule has 24 heavy (non-hydrogen) atoms. The zero-order valence-electron chi connectivity index (χ0n) is 14.2. The van der Waals surface area contributed by atoms with Crippen molar-refractivity contribution in [2.24, 2.45) is 11.8 Å². The molecule has 2 aliphatic rings. The van der Waals surface area contributed by atoms with Gasteiger partial charge < -0.3 is 15.0 Å². The van der Waals surface area contributed by atoms with Crippen LogP contribution in [0.4, 0.5) is 4.79 Å². The Kier molecular flexibility index (Phi) is 5.38. The summed E-state index contributed by atoms with van der Waals surface area (Å²) in [7, 11) is 0. The van der Waals surface area contributed by atoms with E-state index in [9.17, 15) is 9.59 Å². The molecule has 2 fully saturated rings. The molecule has 1 saturated heterocycles. The Morgan fingerprint density at radius 3 is 2.58 bits per heavy atom. The summed E-state index contributed by atoms with van der Waals surface area (Å²) in [5.74, 6) is 1.39. The molecular weight excluding hydrogens is 304 g/mol. The van der Waals surface area contributed by atoms with Crippen LogP contribution >= 0.6 is 0 Å². The highest BCUT2D eigenvalue weighted by molar-refractivity contribution is 5.73. The molecule has 2 atom stereocenters. The zero-order chi connectivity index (χ0) is 16.9. The van der Waals surface area contributed by atoms with E-state index < -0.39 is 6.09 Å². The summed E-state index contributed by atoms with van der Waals surface area (Å²) >= 11 is 0. The first-order valence-electron chi connectivity index (χ1n) is 8.83. The summed E-state index contributed by atoms with van der Waals surface area (Å²) in [5.41, 5.74) is 0.966. The normalized spacial score (nSPS) is 23.6. The van der Waals surface area contributed by atoms with E-state index in [-0.39, 0.29) is 18.6 Å². The maximum atomic E-state index is 12.1. The fourth-order valence-electron chi connectivity index (χ4n) is 3.49. The van der Waals surface area contributed by atoms with Crippen molar-refractivity contribution < 1.29 is 14.3 Å². The molecule has 0 bridgehead atoms. The molecule has 1 saturated carbocycles. The smallest absolute Gasteiger partial charge is 0.407 e. The number of amides is 2. The van der Waals surface area contributed by atoms with Gasteiger partial charge in [-0.2, -0.15) is 0 Å². The van der Waals surface area contributed by atoms with Crippen LogP contribution in [0.1, 0.15) is 38.2 Å². The quantitative estimate of drug-likeness (QED) is 0.903. The van der Waals surface area contributed by atoms with Gasteiger partial charge in [-0.3, -0.25) is 4.79 Å². The van der Waals surface area contributed by atoms with Crippen LogP contribution in [0.25, 0.3) is 0 Å². The average Bonchev–Trinajstić information content (AvgIpc) is 3.37. The first-order valence-corrected chi connectivity index (χ1v) is 8.83. The molecular formula is C19H26N2O3. The van der Waals surface area contributed by atoms with Gasteiger partial charge in [-0.05, 0) is 30.2 Å². The largest absolute Gasteiger partial charge is 0.445 e. The Morgan fingerprint density at radius 1 is 1.17 bits per heavy atom. The van der Waals surface area contributed by atoms with E-state index in [2.05, 4.69) is 5.32 Å². The Hall–Kier alpha value is -2.04. The van der Waals surface area contributed by atoms with Gasteiger partial charge in [0, 0.05) is 20.0 Å². The Balaban J connectivity index is 1.49. The lowest BCUT2D eigenvalue weighted by Crippen LogP contribution is -2.52. The second-order valence-corrected chi connectivity index (χ2v) is 7.11. The number of nitrogens with zero attached hydrogens (tertiary/aromatic N) is 1. The average molecular weight is 330 g/mol. The van der Waals surface area contributed by atoms with Crippen LogP contribution in [0.3, 0.4) is 0 Å². The third-order valence-corrected chi connectivity index (χ3v) is 4.88. The first-order chi connectivity index (χ1) is 11.6. The molecule has 1 heterocycles. The summed E-state index contributed by atoms with van der Waals surface area (Å²) in [4.78, 5) is 25.7. The number of carbonyl (C=O) groups excluding carboxylic acids is 2. The molecule has 0 radical (unpaired) electrons. The minimum Gasteiger partial charge on any atom is -0.445 e. The second kappa shape index (κ2) is 7.69. The lowest BCUT2D eigenvalue weighted by Gasteiger charge is -2.37. The minimum absolute atomic E-state index is 0.0188. The van der Waals surface area contributed by atoms with Crippen molar-refractivity contribution in [2.75, 3.05) is 13.1 Å². The molecule has 130 valence electrons. The van der Waals surface area contributed by atoms with Crippen molar-refractivity contribution in [1.82, 2.24) is 10.2 Å². The molecule has 1 aromatic rings. The molecule has 5 nitrogen and oxygen atoms in total. The van der Waals surface area contributed by atoms with E-state index in [1.165, 1.54) is 19.3 Å². The predicted molar refractivity (Wildman–Crippen MR) is 91.3 cm³/mol. The third kappa shape index (κ3) is 4.98. The molecule has 0 spiro atoms. The van der Waals surface area contributed by atoms with Crippen LogP contribution in [-0.4, -0.2) is 36.0 Å². The van der Waals surface area contributed by atoms with Crippen LogP contribution in [0.15, 0.2) is 30.3 Å². The number of nitrogens with one attached hydrogen (secondary N) is 1. The van der Waals surface area contributed by atoms with E-state index in [0.29, 0.717) is 12.5 Å². The molecule has 3 rings (SSSR count). The number of carbonyl (C=O) groups is 2. The van der Waals surface area contributed by atoms with Crippen molar-refractivity contribution in [1.29, 1.82) is 0 Å². The maximum Gasteiger partial charge on any atom is 0.407 e. The molecule has 1 aliphatic heterocycles. The van der Waals surface area contributed by atoms with E-state index in [1.807, 2.05) is 35.2 Å². The van der Waals surface area contributed by atoms with Crippen LogP contribution in [0.5, 0.6) is 0 Å². The SMILES string of the molecule is CC(=O)N1CC(CC2CC2)CC(NC(=O)OCc2ccccc2)C1. The van der Waals surface area contributed by atoms with Gasteiger partial charge in [-0.25, -0.2) is 4.79 Å². The first kappa shape index (κ1) is 16.8. The van der Waals surface area contributed by atoms with E-state index in [1.54, 1.807) is 6.92 Å². The molecule has 2 unspecified atom stereocenters. The second-order valence-electron chi connectivity index (χ2n) is 7.11. The van der Waals surface area contributed by atoms with Crippen molar-refractivity contribution in [3.63, 3.8) is 0 Å². The number of hydrogen-bond acceptors (Lipinski definition) is 3. The monoisotopic (exact) mass is 330 g/mol. The highest BCUT2D eigenvalue weighted by Crippen LogP contribution is 2.37. The van der Waals surface area contributed by atoms with Gasteiger partial charge in [0.15, 0.2) is 0 Å². The number of piperidine rings is 1. The summed E-state index contributed by atoms with van der Waals surface area (Å²) in [6, 6.07) is 9.61. The lowest BCUT2D eigenvalue weighted by atomic mass is 9.89. The molecule has 0 aromatic heterocycles. The number of ether oxygens (including phenoxy) is 1. The zero-order valence-corrected chi connectivity index (χ0v) is 14.2. The Bertz CT molecular complexity index is 571. The highest BCUT2D eigenvalue weighted by atomic mass is 16.5. The highest BCUT2D eigenvalue weighted by Gasteiger charge is 2.33. The van der Waals surface area contributed by atoms with Gasteiger partial charge in [-0.1, -0.05) is 43.2 Å². The molecule has 5 heteroatoms. The van der Waals surface area contributed by atoms with Gasteiger partial charge in [0.25, 0.3) is 0 Å². The minimum atomic E-state index is -0.403. The van der Waals surface area contributed by atoms with Gasteiger partial charge in [0.1, 0.15) is 6.61 Å². The van der Waals surface area contributed by atoms with Crippen LogP contribution in [0.2, 0.25) is 0 Å². The van der Waals surface area contributed by atoms with Gasteiger partial charge >= 0.3 is 6.09 Å². The summed E-state index contributed by atoms with van der Waals surface area (Å²) < 4.78 is 5.30. The molecule has 1 aliphatic carbocycles. The Labute approximate surface area is 143 Å². The third-order valence-electron chi connectivity index (χ3n) is 4.88. The number of likely N-dealkylation sites (tertiary alicyclic amines) is 1.